The molecule has 1 N–H and O–H groups in total. The summed E-state index contributed by atoms with van der Waals surface area (Å²) >= 11 is 5.83. The molecule has 0 saturated carbocycles. The zero-order valence-corrected chi connectivity index (χ0v) is 17.6. The maximum atomic E-state index is 12.3. The van der Waals surface area contributed by atoms with Gasteiger partial charge in [-0.15, -0.1) is 0 Å². The molecule has 0 aliphatic heterocycles. The Balaban J connectivity index is 1.65. The zero-order valence-electron chi connectivity index (χ0n) is 16.8. The number of benzene rings is 3. The number of esters is 1. The minimum absolute atomic E-state index is 0.252. The van der Waals surface area contributed by atoms with Crippen LogP contribution in [0.4, 0.5) is 0 Å². The van der Waals surface area contributed by atoms with Gasteiger partial charge in [-0.05, 0) is 72.3 Å². The number of halogens is 1. The average Bonchev–Trinajstić information content (AvgIpc) is 2.80. The fourth-order valence-electron chi connectivity index (χ4n) is 2.57. The van der Waals surface area contributed by atoms with Gasteiger partial charge in [0.2, 0.25) is 0 Å². The molecule has 0 fully saturated rings. The van der Waals surface area contributed by atoms with Gasteiger partial charge in [0.1, 0.15) is 5.75 Å². The first-order valence-corrected chi connectivity index (χ1v) is 9.51. The largest absolute Gasteiger partial charge is 0.497 e. The molecular weight excluding hydrogens is 420 g/mol. The molecule has 0 bridgehead atoms. The molecule has 0 aliphatic rings. The van der Waals surface area contributed by atoms with E-state index in [9.17, 15) is 9.59 Å². The van der Waals surface area contributed by atoms with Gasteiger partial charge in [0.05, 0.1) is 26.0 Å². The second-order valence-corrected chi connectivity index (χ2v) is 6.67. The van der Waals surface area contributed by atoms with E-state index in [-0.39, 0.29) is 11.7 Å². The third kappa shape index (κ3) is 5.83. The normalized spacial score (nSPS) is 10.5. The Morgan fingerprint density at radius 2 is 1.55 bits per heavy atom. The standard InChI is InChI=1S/C23H19ClN2O5/c1-29-19-10-6-16(7-11-19)22(27)26-25-14-15-3-12-20(21(13-15)30-2)31-23(28)17-4-8-18(24)9-5-17/h3-14H,1-2H3,(H,26,27)/b25-14-. The smallest absolute Gasteiger partial charge is 0.343 e. The van der Waals surface area contributed by atoms with Gasteiger partial charge in [-0.1, -0.05) is 11.6 Å². The van der Waals surface area contributed by atoms with Gasteiger partial charge in [-0.25, -0.2) is 10.2 Å². The monoisotopic (exact) mass is 438 g/mol. The number of carbonyl (C=O) groups is 2. The SMILES string of the molecule is COc1ccc(C(=O)N/N=C\c2ccc(OC(=O)c3ccc(Cl)cc3)c(OC)c2)cc1. The molecule has 0 atom stereocenters. The van der Waals surface area contributed by atoms with E-state index in [0.717, 1.165) is 0 Å². The molecule has 3 aromatic carbocycles. The summed E-state index contributed by atoms with van der Waals surface area (Å²) < 4.78 is 15.8. The summed E-state index contributed by atoms with van der Waals surface area (Å²) in [6, 6.07) is 17.9. The van der Waals surface area contributed by atoms with Crippen LogP contribution in [0.25, 0.3) is 0 Å². The van der Waals surface area contributed by atoms with E-state index in [2.05, 4.69) is 10.5 Å². The Kier molecular flexibility index (Phi) is 7.24. The Morgan fingerprint density at radius 1 is 0.871 bits per heavy atom. The lowest BCUT2D eigenvalue weighted by Gasteiger charge is -2.10. The molecule has 7 nitrogen and oxygen atoms in total. The Morgan fingerprint density at radius 3 is 2.19 bits per heavy atom. The van der Waals surface area contributed by atoms with Crippen LogP contribution in [0.1, 0.15) is 26.3 Å². The Bertz CT molecular complexity index is 1100. The molecule has 0 aromatic heterocycles. The molecule has 31 heavy (non-hydrogen) atoms. The number of nitrogens with one attached hydrogen (secondary N) is 1. The van der Waals surface area contributed by atoms with Crippen molar-refractivity contribution in [1.29, 1.82) is 0 Å². The van der Waals surface area contributed by atoms with E-state index in [0.29, 0.717) is 33.2 Å². The highest BCUT2D eigenvalue weighted by Crippen LogP contribution is 2.28. The lowest BCUT2D eigenvalue weighted by molar-refractivity contribution is 0.0729. The van der Waals surface area contributed by atoms with Crippen molar-refractivity contribution in [2.24, 2.45) is 5.10 Å². The second kappa shape index (κ2) is 10.3. The van der Waals surface area contributed by atoms with Crippen molar-refractivity contribution in [2.75, 3.05) is 14.2 Å². The first kappa shape index (κ1) is 21.9. The number of hydrogen-bond acceptors (Lipinski definition) is 6. The maximum Gasteiger partial charge on any atom is 0.343 e. The van der Waals surface area contributed by atoms with Crippen LogP contribution in [0.3, 0.4) is 0 Å². The molecule has 3 aromatic rings. The van der Waals surface area contributed by atoms with Crippen LogP contribution in [0.15, 0.2) is 71.8 Å². The number of amides is 1. The molecule has 0 spiro atoms. The van der Waals surface area contributed by atoms with Gasteiger partial charge in [-0.2, -0.15) is 5.10 Å². The number of methoxy groups -OCH3 is 2. The predicted molar refractivity (Wildman–Crippen MR) is 117 cm³/mol. The zero-order chi connectivity index (χ0) is 22.2. The first-order valence-electron chi connectivity index (χ1n) is 9.13. The van der Waals surface area contributed by atoms with Crippen LogP contribution in [0.5, 0.6) is 17.2 Å². The van der Waals surface area contributed by atoms with Crippen LogP contribution >= 0.6 is 11.6 Å². The van der Waals surface area contributed by atoms with Gasteiger partial charge in [-0.3, -0.25) is 4.79 Å². The van der Waals surface area contributed by atoms with Gasteiger partial charge in [0, 0.05) is 10.6 Å². The molecule has 0 saturated heterocycles. The molecule has 158 valence electrons. The van der Waals surface area contributed by atoms with Gasteiger partial charge in [0.25, 0.3) is 5.91 Å². The van der Waals surface area contributed by atoms with Crippen LogP contribution in [0, 0.1) is 0 Å². The fraction of sp³-hybridized carbons (Fsp3) is 0.0870. The molecule has 3 rings (SSSR count). The van der Waals surface area contributed by atoms with E-state index in [4.69, 9.17) is 25.8 Å². The third-order valence-electron chi connectivity index (χ3n) is 4.20. The highest BCUT2D eigenvalue weighted by Gasteiger charge is 2.13. The van der Waals surface area contributed by atoms with E-state index in [1.165, 1.54) is 13.3 Å². The number of hydrazone groups is 1. The summed E-state index contributed by atoms with van der Waals surface area (Å²) in [6.45, 7) is 0. The number of carbonyl (C=O) groups excluding carboxylic acids is 2. The maximum absolute atomic E-state index is 12.3. The summed E-state index contributed by atoms with van der Waals surface area (Å²) in [6.07, 6.45) is 1.45. The van der Waals surface area contributed by atoms with Crippen molar-refractivity contribution in [2.45, 2.75) is 0 Å². The van der Waals surface area contributed by atoms with E-state index in [1.54, 1.807) is 73.8 Å². The van der Waals surface area contributed by atoms with E-state index < -0.39 is 5.97 Å². The Labute approximate surface area is 184 Å². The summed E-state index contributed by atoms with van der Waals surface area (Å²) in [7, 11) is 3.01. The Hall–Kier alpha value is -3.84. The third-order valence-corrected chi connectivity index (χ3v) is 4.45. The van der Waals surface area contributed by atoms with Crippen molar-refractivity contribution in [3.63, 3.8) is 0 Å². The number of ether oxygens (including phenoxy) is 3. The van der Waals surface area contributed by atoms with Crippen molar-refractivity contribution in [3.05, 3.63) is 88.4 Å². The van der Waals surface area contributed by atoms with Crippen LogP contribution in [-0.4, -0.2) is 32.3 Å². The molecule has 0 radical (unpaired) electrons. The highest BCUT2D eigenvalue weighted by atomic mass is 35.5. The molecule has 1 amide bonds. The van der Waals surface area contributed by atoms with Gasteiger partial charge in [0.15, 0.2) is 11.5 Å². The minimum Gasteiger partial charge on any atom is -0.497 e. The molecular formula is C23H19ClN2O5. The summed E-state index contributed by atoms with van der Waals surface area (Å²) in [4.78, 5) is 24.4. The molecule has 0 heterocycles. The quantitative estimate of drug-likeness (QED) is 0.256. The predicted octanol–water partition coefficient (Wildman–Crippen LogP) is 4.34. The molecule has 0 aliphatic carbocycles. The number of nitrogens with zero attached hydrogens (tertiary/aromatic N) is 1. The van der Waals surface area contributed by atoms with Crippen molar-refractivity contribution in [3.8, 4) is 17.2 Å². The van der Waals surface area contributed by atoms with Crippen LogP contribution in [-0.2, 0) is 0 Å². The minimum atomic E-state index is -0.539. The highest BCUT2D eigenvalue weighted by molar-refractivity contribution is 6.30. The number of rotatable bonds is 7. The fourth-order valence-corrected chi connectivity index (χ4v) is 2.69. The van der Waals surface area contributed by atoms with Gasteiger partial charge < -0.3 is 14.2 Å². The van der Waals surface area contributed by atoms with Crippen molar-refractivity contribution >= 4 is 29.7 Å². The average molecular weight is 439 g/mol. The lowest BCUT2D eigenvalue weighted by atomic mass is 10.2. The van der Waals surface area contributed by atoms with Crippen LogP contribution < -0.4 is 19.6 Å². The lowest BCUT2D eigenvalue weighted by Crippen LogP contribution is -2.17. The van der Waals surface area contributed by atoms with Crippen LogP contribution in [0.2, 0.25) is 5.02 Å². The second-order valence-electron chi connectivity index (χ2n) is 6.23. The molecule has 8 heteroatoms. The van der Waals surface area contributed by atoms with E-state index >= 15 is 0 Å². The topological polar surface area (TPSA) is 86.2 Å². The van der Waals surface area contributed by atoms with E-state index in [1.807, 2.05) is 0 Å². The molecule has 0 unspecified atom stereocenters. The van der Waals surface area contributed by atoms with Crippen molar-refractivity contribution in [1.82, 2.24) is 5.43 Å². The van der Waals surface area contributed by atoms with Crippen molar-refractivity contribution < 1.29 is 23.8 Å². The first-order chi connectivity index (χ1) is 15.0. The van der Waals surface area contributed by atoms with Gasteiger partial charge >= 0.3 is 5.97 Å². The number of hydrogen-bond donors (Lipinski definition) is 1. The summed E-state index contributed by atoms with van der Waals surface area (Å²) in [5.41, 5.74) is 3.89. The summed E-state index contributed by atoms with van der Waals surface area (Å²) in [5.74, 6) is 0.348. The summed E-state index contributed by atoms with van der Waals surface area (Å²) in [5, 5.41) is 4.48.